The Morgan fingerprint density at radius 1 is 1.17 bits per heavy atom. The number of likely N-dealkylation sites (tertiary alicyclic amines) is 1. The van der Waals surface area contributed by atoms with Gasteiger partial charge in [0.1, 0.15) is 6.17 Å². The molecule has 0 radical (unpaired) electrons. The molecule has 1 aromatic rings. The Balaban J connectivity index is 1.77. The maximum absolute atomic E-state index is 14.5. The zero-order valence-corrected chi connectivity index (χ0v) is 10.6. The number of hydrogen-bond donors (Lipinski definition) is 0. The minimum atomic E-state index is -0.974. The Morgan fingerprint density at radius 2 is 1.89 bits per heavy atom. The summed E-state index contributed by atoms with van der Waals surface area (Å²) in [6, 6.07) is 5.28. The molecule has 18 heavy (non-hydrogen) atoms. The maximum Gasteiger partial charge on any atom is 0.231 e. The number of ether oxygens (including phenoxy) is 2. The van der Waals surface area contributed by atoms with Crippen LogP contribution in [0.1, 0.15) is 31.5 Å². The Bertz CT molecular complexity index is 432. The van der Waals surface area contributed by atoms with Gasteiger partial charge in [-0.15, -0.1) is 0 Å². The number of alkyl halides is 1. The summed E-state index contributed by atoms with van der Waals surface area (Å²) in [5, 5.41) is 0. The van der Waals surface area contributed by atoms with Gasteiger partial charge >= 0.3 is 0 Å². The van der Waals surface area contributed by atoms with E-state index < -0.39 is 6.17 Å². The third kappa shape index (κ3) is 2.05. The number of halogens is 1. The molecule has 1 aromatic carbocycles. The average molecular weight is 251 g/mol. The van der Waals surface area contributed by atoms with Crippen LogP contribution in [0.2, 0.25) is 0 Å². The number of hydrogen-bond acceptors (Lipinski definition) is 3. The van der Waals surface area contributed by atoms with E-state index in [0.717, 1.165) is 13.1 Å². The minimum Gasteiger partial charge on any atom is -0.454 e. The first-order chi connectivity index (χ1) is 8.75. The first kappa shape index (κ1) is 11.8. The van der Waals surface area contributed by atoms with E-state index in [1.807, 2.05) is 6.92 Å². The van der Waals surface area contributed by atoms with Crippen molar-refractivity contribution in [3.63, 3.8) is 0 Å². The van der Waals surface area contributed by atoms with Gasteiger partial charge in [-0.2, -0.15) is 0 Å². The SMILES string of the molecule is C[C@H]([C@H](F)c1ccc2c(c1)OCO2)N1CCCC1. The second kappa shape index (κ2) is 4.76. The van der Waals surface area contributed by atoms with Crippen molar-refractivity contribution in [2.45, 2.75) is 32.0 Å². The van der Waals surface area contributed by atoms with Crippen molar-refractivity contribution in [3.8, 4) is 11.5 Å². The van der Waals surface area contributed by atoms with E-state index in [-0.39, 0.29) is 12.8 Å². The average Bonchev–Trinajstić information content (AvgIpc) is 3.06. The van der Waals surface area contributed by atoms with Crippen LogP contribution in [0.15, 0.2) is 18.2 Å². The van der Waals surface area contributed by atoms with Gasteiger partial charge in [0.25, 0.3) is 0 Å². The topological polar surface area (TPSA) is 21.7 Å². The summed E-state index contributed by atoms with van der Waals surface area (Å²) in [6.45, 7) is 4.20. The van der Waals surface area contributed by atoms with E-state index in [2.05, 4.69) is 4.90 Å². The second-order valence-corrected chi connectivity index (χ2v) is 5.00. The zero-order chi connectivity index (χ0) is 12.5. The van der Waals surface area contributed by atoms with Crippen molar-refractivity contribution >= 4 is 0 Å². The molecule has 1 fully saturated rings. The molecule has 1 saturated heterocycles. The van der Waals surface area contributed by atoms with E-state index >= 15 is 0 Å². The van der Waals surface area contributed by atoms with Crippen LogP contribution in [-0.4, -0.2) is 30.8 Å². The van der Waals surface area contributed by atoms with E-state index in [4.69, 9.17) is 9.47 Å². The van der Waals surface area contributed by atoms with Gasteiger partial charge in [-0.3, -0.25) is 4.90 Å². The van der Waals surface area contributed by atoms with E-state index in [9.17, 15) is 4.39 Å². The molecule has 0 aromatic heterocycles. The van der Waals surface area contributed by atoms with Crippen LogP contribution in [0.5, 0.6) is 11.5 Å². The maximum atomic E-state index is 14.5. The lowest BCUT2D eigenvalue weighted by Crippen LogP contribution is -2.33. The van der Waals surface area contributed by atoms with Crippen LogP contribution in [0.25, 0.3) is 0 Å². The van der Waals surface area contributed by atoms with E-state index in [0.29, 0.717) is 17.1 Å². The van der Waals surface area contributed by atoms with Gasteiger partial charge in [-0.1, -0.05) is 6.07 Å². The Kier molecular flexibility index (Phi) is 3.12. The largest absolute Gasteiger partial charge is 0.454 e. The first-order valence-corrected chi connectivity index (χ1v) is 6.53. The fourth-order valence-electron chi connectivity index (χ4n) is 2.70. The van der Waals surface area contributed by atoms with Gasteiger partial charge in [0.15, 0.2) is 11.5 Å². The van der Waals surface area contributed by atoms with Crippen LogP contribution in [0.3, 0.4) is 0 Å². The van der Waals surface area contributed by atoms with Crippen molar-refractivity contribution in [2.75, 3.05) is 19.9 Å². The predicted molar refractivity (Wildman–Crippen MR) is 66.7 cm³/mol. The quantitative estimate of drug-likeness (QED) is 0.824. The molecule has 3 nitrogen and oxygen atoms in total. The number of fused-ring (bicyclic) bond motifs is 1. The lowest BCUT2D eigenvalue weighted by molar-refractivity contribution is 0.147. The standard InChI is InChI=1S/C14H18FNO2/c1-10(16-6-2-3-7-16)14(15)11-4-5-12-13(8-11)18-9-17-12/h4-5,8,10,14H,2-3,6-7,9H2,1H3/t10-,14+/m1/s1. The molecule has 4 heteroatoms. The molecule has 0 saturated carbocycles. The number of benzene rings is 1. The molecule has 0 amide bonds. The van der Waals surface area contributed by atoms with Crippen molar-refractivity contribution in [3.05, 3.63) is 23.8 Å². The molecule has 0 bridgehead atoms. The Labute approximate surface area is 106 Å². The predicted octanol–water partition coefficient (Wildman–Crippen LogP) is 2.91. The third-order valence-electron chi connectivity index (χ3n) is 3.86. The minimum absolute atomic E-state index is 0.0760. The van der Waals surface area contributed by atoms with Crippen LogP contribution < -0.4 is 9.47 Å². The molecule has 2 atom stereocenters. The molecule has 2 aliphatic rings. The highest BCUT2D eigenvalue weighted by molar-refractivity contribution is 5.45. The van der Waals surface area contributed by atoms with Crippen molar-refractivity contribution in [2.24, 2.45) is 0 Å². The van der Waals surface area contributed by atoms with Gasteiger partial charge in [0, 0.05) is 6.04 Å². The summed E-state index contributed by atoms with van der Waals surface area (Å²) in [4.78, 5) is 2.22. The highest BCUT2D eigenvalue weighted by atomic mass is 19.1. The number of rotatable bonds is 3. The molecule has 0 N–H and O–H groups in total. The van der Waals surface area contributed by atoms with Crippen LogP contribution in [0, 0.1) is 0 Å². The normalized spacial score (nSPS) is 22.1. The van der Waals surface area contributed by atoms with E-state index in [1.165, 1.54) is 12.8 Å². The van der Waals surface area contributed by atoms with Gasteiger partial charge in [0.2, 0.25) is 6.79 Å². The summed E-state index contributed by atoms with van der Waals surface area (Å²) in [5.41, 5.74) is 0.679. The highest BCUT2D eigenvalue weighted by Crippen LogP contribution is 2.36. The Hall–Kier alpha value is -1.29. The Morgan fingerprint density at radius 3 is 2.67 bits per heavy atom. The lowest BCUT2D eigenvalue weighted by atomic mass is 10.0. The van der Waals surface area contributed by atoms with Crippen LogP contribution in [-0.2, 0) is 0 Å². The van der Waals surface area contributed by atoms with Gasteiger partial charge in [0.05, 0.1) is 0 Å². The molecule has 0 unspecified atom stereocenters. The summed E-state index contributed by atoms with van der Waals surface area (Å²) in [7, 11) is 0. The van der Waals surface area contributed by atoms with E-state index in [1.54, 1.807) is 18.2 Å². The third-order valence-corrected chi connectivity index (χ3v) is 3.86. The molecule has 0 aliphatic carbocycles. The van der Waals surface area contributed by atoms with Crippen LogP contribution in [0.4, 0.5) is 4.39 Å². The summed E-state index contributed by atoms with van der Waals surface area (Å²) in [5.74, 6) is 1.36. The fraction of sp³-hybridized carbons (Fsp3) is 0.571. The highest BCUT2D eigenvalue weighted by Gasteiger charge is 2.28. The monoisotopic (exact) mass is 251 g/mol. The van der Waals surface area contributed by atoms with Crippen molar-refractivity contribution in [1.29, 1.82) is 0 Å². The molecule has 2 aliphatic heterocycles. The summed E-state index contributed by atoms with van der Waals surface area (Å²) < 4.78 is 25.0. The molecule has 2 heterocycles. The molecule has 0 spiro atoms. The van der Waals surface area contributed by atoms with Gasteiger partial charge < -0.3 is 9.47 Å². The van der Waals surface area contributed by atoms with Crippen molar-refractivity contribution in [1.82, 2.24) is 4.90 Å². The summed E-state index contributed by atoms with van der Waals surface area (Å²) >= 11 is 0. The smallest absolute Gasteiger partial charge is 0.231 e. The van der Waals surface area contributed by atoms with Crippen LogP contribution >= 0.6 is 0 Å². The van der Waals surface area contributed by atoms with Gasteiger partial charge in [-0.05, 0) is 50.6 Å². The van der Waals surface area contributed by atoms with Crippen molar-refractivity contribution < 1.29 is 13.9 Å². The van der Waals surface area contributed by atoms with Gasteiger partial charge in [-0.25, -0.2) is 4.39 Å². The molecular formula is C14H18FNO2. The molecule has 3 rings (SSSR count). The molecular weight excluding hydrogens is 233 g/mol. The second-order valence-electron chi connectivity index (χ2n) is 5.00. The fourth-order valence-corrected chi connectivity index (χ4v) is 2.70. The first-order valence-electron chi connectivity index (χ1n) is 6.53. The lowest BCUT2D eigenvalue weighted by Gasteiger charge is -2.27. The zero-order valence-electron chi connectivity index (χ0n) is 10.6. The number of nitrogens with zero attached hydrogens (tertiary/aromatic N) is 1. The summed E-state index contributed by atoms with van der Waals surface area (Å²) in [6.07, 6.45) is 1.38. The molecule has 98 valence electrons.